The molecule has 0 saturated carbocycles. The van der Waals surface area contributed by atoms with Crippen LogP contribution < -0.4 is 11.1 Å². The molecule has 0 bridgehead atoms. The van der Waals surface area contributed by atoms with Crippen LogP contribution in [0.2, 0.25) is 0 Å². The van der Waals surface area contributed by atoms with Gasteiger partial charge in [-0.05, 0) is 43.7 Å². The number of aryl methyl sites for hydroxylation is 1. The Hall–Kier alpha value is -1.55. The maximum absolute atomic E-state index is 5.75. The highest BCUT2D eigenvalue weighted by atomic mass is 79.9. The molecule has 0 aliphatic rings. The Bertz CT molecular complexity index is 554. The lowest BCUT2D eigenvalue weighted by Gasteiger charge is -2.16. The molecule has 0 aliphatic carbocycles. The van der Waals surface area contributed by atoms with Gasteiger partial charge in [0.2, 0.25) is 0 Å². The van der Waals surface area contributed by atoms with E-state index in [1.54, 1.807) is 0 Å². The van der Waals surface area contributed by atoms with Crippen molar-refractivity contribution >= 4 is 27.4 Å². The van der Waals surface area contributed by atoms with Crippen molar-refractivity contribution in [2.75, 3.05) is 11.1 Å². The molecular formula is C14H16BrN3. The first-order chi connectivity index (χ1) is 8.56. The van der Waals surface area contributed by atoms with Crippen molar-refractivity contribution in [3.8, 4) is 0 Å². The van der Waals surface area contributed by atoms with Gasteiger partial charge in [0.1, 0.15) is 5.82 Å². The summed E-state index contributed by atoms with van der Waals surface area (Å²) >= 11 is 3.48. The fraction of sp³-hybridized carbons (Fsp3) is 0.214. The zero-order valence-corrected chi connectivity index (χ0v) is 12.0. The van der Waals surface area contributed by atoms with E-state index in [9.17, 15) is 0 Å². The number of halogens is 1. The molecule has 0 spiro atoms. The van der Waals surface area contributed by atoms with Crippen LogP contribution in [0.15, 0.2) is 40.9 Å². The maximum Gasteiger partial charge on any atom is 0.126 e. The average Bonchev–Trinajstić information content (AvgIpc) is 2.34. The van der Waals surface area contributed by atoms with E-state index in [2.05, 4.69) is 45.3 Å². The van der Waals surface area contributed by atoms with Gasteiger partial charge in [0, 0.05) is 10.5 Å². The summed E-state index contributed by atoms with van der Waals surface area (Å²) in [6.07, 6.45) is 0. The first-order valence-electron chi connectivity index (χ1n) is 5.81. The smallest absolute Gasteiger partial charge is 0.126 e. The Morgan fingerprint density at radius 2 is 2.06 bits per heavy atom. The quantitative estimate of drug-likeness (QED) is 0.904. The van der Waals surface area contributed by atoms with Gasteiger partial charge in [-0.3, -0.25) is 0 Å². The van der Waals surface area contributed by atoms with Crippen molar-refractivity contribution in [2.45, 2.75) is 19.9 Å². The molecule has 1 unspecified atom stereocenters. The van der Waals surface area contributed by atoms with E-state index < -0.39 is 0 Å². The summed E-state index contributed by atoms with van der Waals surface area (Å²) in [6, 6.07) is 12.2. The van der Waals surface area contributed by atoms with Crippen molar-refractivity contribution in [1.29, 1.82) is 0 Å². The number of hydrogen-bond acceptors (Lipinski definition) is 3. The van der Waals surface area contributed by atoms with Gasteiger partial charge in [0.15, 0.2) is 0 Å². The number of nitrogens with zero attached hydrogens (tertiary/aromatic N) is 1. The van der Waals surface area contributed by atoms with Crippen LogP contribution in [0.4, 0.5) is 11.5 Å². The number of aromatic nitrogens is 1. The van der Waals surface area contributed by atoms with E-state index >= 15 is 0 Å². The summed E-state index contributed by atoms with van der Waals surface area (Å²) < 4.78 is 1.08. The van der Waals surface area contributed by atoms with E-state index in [0.29, 0.717) is 0 Å². The fourth-order valence-electron chi connectivity index (χ4n) is 1.73. The van der Waals surface area contributed by atoms with E-state index in [0.717, 1.165) is 21.7 Å². The van der Waals surface area contributed by atoms with Gasteiger partial charge in [0.05, 0.1) is 11.4 Å². The molecule has 1 atom stereocenters. The fourth-order valence-corrected chi connectivity index (χ4v) is 2.15. The summed E-state index contributed by atoms with van der Waals surface area (Å²) in [5.74, 6) is 0.842. The van der Waals surface area contributed by atoms with Crippen LogP contribution in [0.1, 0.15) is 24.2 Å². The zero-order valence-electron chi connectivity index (χ0n) is 10.4. The van der Waals surface area contributed by atoms with E-state index in [1.165, 1.54) is 5.56 Å². The SMILES string of the molecule is Cc1nc(NC(C)c2cccc(Br)c2)ccc1N. The first-order valence-corrected chi connectivity index (χ1v) is 6.60. The second-order valence-corrected chi connectivity index (χ2v) is 5.21. The molecule has 3 N–H and O–H groups in total. The number of nitrogens with two attached hydrogens (primary N) is 1. The monoisotopic (exact) mass is 305 g/mol. The van der Waals surface area contributed by atoms with Gasteiger partial charge in [-0.25, -0.2) is 4.98 Å². The van der Waals surface area contributed by atoms with Crippen LogP contribution in [0.3, 0.4) is 0 Å². The molecule has 0 aliphatic heterocycles. The van der Waals surface area contributed by atoms with Crippen LogP contribution in [0.25, 0.3) is 0 Å². The summed E-state index contributed by atoms with van der Waals surface area (Å²) in [5, 5.41) is 3.37. The van der Waals surface area contributed by atoms with Crippen LogP contribution in [-0.2, 0) is 0 Å². The summed E-state index contributed by atoms with van der Waals surface area (Å²) in [6.45, 7) is 4.01. The Balaban J connectivity index is 2.16. The lowest BCUT2D eigenvalue weighted by Crippen LogP contribution is -2.08. The molecule has 94 valence electrons. The lowest BCUT2D eigenvalue weighted by molar-refractivity contribution is 0.872. The van der Waals surface area contributed by atoms with Gasteiger partial charge < -0.3 is 11.1 Å². The van der Waals surface area contributed by atoms with Crippen molar-refractivity contribution in [3.05, 3.63) is 52.1 Å². The average molecular weight is 306 g/mol. The molecule has 1 aromatic carbocycles. The Labute approximate surface area is 116 Å². The van der Waals surface area contributed by atoms with Gasteiger partial charge >= 0.3 is 0 Å². The van der Waals surface area contributed by atoms with Gasteiger partial charge in [-0.2, -0.15) is 0 Å². The molecule has 0 radical (unpaired) electrons. The Morgan fingerprint density at radius 3 is 2.72 bits per heavy atom. The van der Waals surface area contributed by atoms with Crippen LogP contribution in [0, 0.1) is 6.92 Å². The lowest BCUT2D eigenvalue weighted by atomic mass is 10.1. The molecule has 0 amide bonds. The number of pyridine rings is 1. The number of rotatable bonds is 3. The third kappa shape index (κ3) is 3.01. The molecule has 0 saturated heterocycles. The zero-order chi connectivity index (χ0) is 13.1. The highest BCUT2D eigenvalue weighted by Crippen LogP contribution is 2.22. The number of hydrogen-bond donors (Lipinski definition) is 2. The second kappa shape index (κ2) is 5.40. The molecule has 2 rings (SSSR count). The number of anilines is 2. The summed E-state index contributed by atoms with van der Waals surface area (Å²) in [4.78, 5) is 4.41. The molecule has 18 heavy (non-hydrogen) atoms. The van der Waals surface area contributed by atoms with Gasteiger partial charge in [0.25, 0.3) is 0 Å². The number of benzene rings is 1. The molecule has 1 aromatic heterocycles. The minimum atomic E-state index is 0.193. The van der Waals surface area contributed by atoms with Crippen LogP contribution >= 0.6 is 15.9 Å². The highest BCUT2D eigenvalue weighted by Gasteiger charge is 2.07. The normalized spacial score (nSPS) is 12.2. The minimum absolute atomic E-state index is 0.193. The molecule has 3 nitrogen and oxygen atoms in total. The molecule has 0 fully saturated rings. The van der Waals surface area contributed by atoms with Gasteiger partial charge in [-0.15, -0.1) is 0 Å². The standard InChI is InChI=1S/C14H16BrN3/c1-9(11-4-3-5-12(15)8-11)17-14-7-6-13(16)10(2)18-14/h3-9H,16H2,1-2H3,(H,17,18). The summed E-state index contributed by atoms with van der Waals surface area (Å²) in [7, 11) is 0. The summed E-state index contributed by atoms with van der Waals surface area (Å²) in [5.41, 5.74) is 8.53. The Morgan fingerprint density at radius 1 is 1.28 bits per heavy atom. The third-order valence-corrected chi connectivity index (χ3v) is 3.33. The predicted octanol–water partition coefficient (Wildman–Crippen LogP) is 3.91. The highest BCUT2D eigenvalue weighted by molar-refractivity contribution is 9.10. The third-order valence-electron chi connectivity index (χ3n) is 2.84. The Kier molecular flexibility index (Phi) is 3.87. The second-order valence-electron chi connectivity index (χ2n) is 4.29. The first kappa shape index (κ1) is 12.9. The number of nitrogen functional groups attached to an aromatic ring is 1. The van der Waals surface area contributed by atoms with Crippen molar-refractivity contribution in [2.24, 2.45) is 0 Å². The van der Waals surface area contributed by atoms with Crippen molar-refractivity contribution in [3.63, 3.8) is 0 Å². The largest absolute Gasteiger partial charge is 0.397 e. The van der Waals surface area contributed by atoms with E-state index in [1.807, 2.05) is 31.2 Å². The molecular weight excluding hydrogens is 290 g/mol. The predicted molar refractivity (Wildman–Crippen MR) is 79.6 cm³/mol. The van der Waals surface area contributed by atoms with Crippen molar-refractivity contribution < 1.29 is 0 Å². The van der Waals surface area contributed by atoms with E-state index in [-0.39, 0.29) is 6.04 Å². The maximum atomic E-state index is 5.75. The molecule has 2 aromatic rings. The van der Waals surface area contributed by atoms with Gasteiger partial charge in [-0.1, -0.05) is 28.1 Å². The molecule has 1 heterocycles. The number of nitrogens with one attached hydrogen (secondary N) is 1. The molecule has 4 heteroatoms. The van der Waals surface area contributed by atoms with Crippen LogP contribution in [0.5, 0.6) is 0 Å². The van der Waals surface area contributed by atoms with E-state index in [4.69, 9.17) is 5.73 Å². The topological polar surface area (TPSA) is 50.9 Å². The minimum Gasteiger partial charge on any atom is -0.397 e. The van der Waals surface area contributed by atoms with Crippen molar-refractivity contribution in [1.82, 2.24) is 4.98 Å². The van der Waals surface area contributed by atoms with Crippen LogP contribution in [-0.4, -0.2) is 4.98 Å².